The fraction of sp³-hybridized carbons (Fsp3) is 0.318. The number of carbonyl (C=O) groups is 1. The Balaban J connectivity index is 1.62. The van der Waals surface area contributed by atoms with E-state index in [2.05, 4.69) is 47.3 Å². The van der Waals surface area contributed by atoms with Crippen LogP contribution in [0.1, 0.15) is 43.6 Å². The maximum Gasteiger partial charge on any atom is 0.265 e. The first-order valence-corrected chi connectivity index (χ1v) is 9.41. The maximum absolute atomic E-state index is 12.5. The Morgan fingerprint density at radius 2 is 1.79 bits per heavy atom. The number of hydrogen-bond acceptors (Lipinski definition) is 4. The van der Waals surface area contributed by atoms with Crippen molar-refractivity contribution in [3.8, 4) is 17.1 Å². The highest BCUT2D eigenvalue weighted by molar-refractivity contribution is 5.94. The Morgan fingerprint density at radius 1 is 1.07 bits per heavy atom. The van der Waals surface area contributed by atoms with Crippen LogP contribution < -0.4 is 10.1 Å². The third-order valence-electron chi connectivity index (χ3n) is 4.55. The lowest BCUT2D eigenvalue weighted by Crippen LogP contribution is -2.30. The van der Waals surface area contributed by atoms with E-state index in [9.17, 15) is 4.79 Å². The predicted molar refractivity (Wildman–Crippen MR) is 111 cm³/mol. The zero-order valence-electron chi connectivity index (χ0n) is 16.9. The quantitative estimate of drug-likeness (QED) is 0.656. The molecule has 2 aromatic carbocycles. The molecule has 0 bridgehead atoms. The Morgan fingerprint density at radius 3 is 2.36 bits per heavy atom. The lowest BCUT2D eigenvalue weighted by molar-refractivity contribution is -0.122. The Kier molecular flexibility index (Phi) is 5.78. The summed E-state index contributed by atoms with van der Waals surface area (Å²) in [6, 6.07) is 13.4. The molecular weight excluding hydrogens is 352 g/mol. The van der Waals surface area contributed by atoms with Crippen molar-refractivity contribution in [2.45, 2.75) is 46.6 Å². The number of aromatic nitrogens is 3. The van der Waals surface area contributed by atoms with Crippen LogP contribution in [0.5, 0.6) is 5.75 Å². The molecule has 0 aliphatic rings. The van der Waals surface area contributed by atoms with Gasteiger partial charge in [0.1, 0.15) is 11.6 Å². The summed E-state index contributed by atoms with van der Waals surface area (Å²) in [4.78, 5) is 16.8. The van der Waals surface area contributed by atoms with Crippen molar-refractivity contribution >= 4 is 11.6 Å². The molecule has 28 heavy (non-hydrogen) atoms. The minimum absolute atomic E-state index is 0.202. The van der Waals surface area contributed by atoms with E-state index in [1.807, 2.05) is 43.3 Å². The van der Waals surface area contributed by atoms with Gasteiger partial charge in [0, 0.05) is 11.3 Å². The smallest absolute Gasteiger partial charge is 0.265 e. The standard InChI is InChI=1S/C22H26N4O2/c1-13(2)20-11-10-19(12-14(20)3)28-15(4)22(27)24-18-8-6-17(7-9-18)21-23-16(5)25-26-21/h6-13,15H,1-5H3,(H,24,27)(H,23,25,26). The second-order valence-corrected chi connectivity index (χ2v) is 7.24. The number of benzene rings is 2. The van der Waals surface area contributed by atoms with Crippen LogP contribution in [-0.2, 0) is 4.79 Å². The van der Waals surface area contributed by atoms with Crippen molar-refractivity contribution in [1.82, 2.24) is 15.2 Å². The van der Waals surface area contributed by atoms with E-state index in [4.69, 9.17) is 4.74 Å². The van der Waals surface area contributed by atoms with E-state index in [-0.39, 0.29) is 5.91 Å². The van der Waals surface area contributed by atoms with Crippen molar-refractivity contribution in [2.24, 2.45) is 0 Å². The lowest BCUT2D eigenvalue weighted by atomic mass is 9.98. The molecule has 6 heteroatoms. The van der Waals surface area contributed by atoms with Crippen molar-refractivity contribution in [2.75, 3.05) is 5.32 Å². The molecule has 1 aromatic heterocycles. The number of ether oxygens (including phenoxy) is 1. The van der Waals surface area contributed by atoms with E-state index in [0.717, 1.165) is 17.0 Å². The van der Waals surface area contributed by atoms with Crippen LogP contribution >= 0.6 is 0 Å². The molecular formula is C22H26N4O2. The van der Waals surface area contributed by atoms with Crippen LogP contribution in [0.3, 0.4) is 0 Å². The average Bonchev–Trinajstić information content (AvgIpc) is 3.08. The van der Waals surface area contributed by atoms with Gasteiger partial charge in [0.2, 0.25) is 0 Å². The van der Waals surface area contributed by atoms with Crippen LogP contribution in [0.25, 0.3) is 11.4 Å². The van der Waals surface area contributed by atoms with Crippen molar-refractivity contribution in [3.63, 3.8) is 0 Å². The van der Waals surface area contributed by atoms with E-state index >= 15 is 0 Å². The number of H-pyrrole nitrogens is 1. The lowest BCUT2D eigenvalue weighted by Gasteiger charge is -2.17. The maximum atomic E-state index is 12.5. The van der Waals surface area contributed by atoms with E-state index in [1.165, 1.54) is 5.56 Å². The molecule has 0 spiro atoms. The molecule has 0 radical (unpaired) electrons. The molecule has 2 N–H and O–H groups in total. The summed E-state index contributed by atoms with van der Waals surface area (Å²) in [5.41, 5.74) is 4.03. The van der Waals surface area contributed by atoms with Crippen LogP contribution in [0, 0.1) is 13.8 Å². The van der Waals surface area contributed by atoms with Gasteiger partial charge in [0.25, 0.3) is 5.91 Å². The van der Waals surface area contributed by atoms with Gasteiger partial charge >= 0.3 is 0 Å². The highest BCUT2D eigenvalue weighted by atomic mass is 16.5. The molecule has 0 saturated heterocycles. The molecule has 0 aliphatic carbocycles. The van der Waals surface area contributed by atoms with Gasteiger partial charge in [-0.05, 0) is 74.2 Å². The Hall–Kier alpha value is -3.15. The van der Waals surface area contributed by atoms with Gasteiger partial charge in [-0.15, -0.1) is 0 Å². The monoisotopic (exact) mass is 378 g/mol. The highest BCUT2D eigenvalue weighted by Crippen LogP contribution is 2.24. The molecule has 3 aromatic rings. The molecule has 1 atom stereocenters. The van der Waals surface area contributed by atoms with Crippen LogP contribution in [0.2, 0.25) is 0 Å². The number of nitrogens with zero attached hydrogens (tertiary/aromatic N) is 2. The third-order valence-corrected chi connectivity index (χ3v) is 4.55. The van der Waals surface area contributed by atoms with Crippen LogP contribution in [0.15, 0.2) is 42.5 Å². The zero-order valence-corrected chi connectivity index (χ0v) is 16.9. The second-order valence-electron chi connectivity index (χ2n) is 7.24. The summed E-state index contributed by atoms with van der Waals surface area (Å²) >= 11 is 0. The van der Waals surface area contributed by atoms with Gasteiger partial charge in [-0.25, -0.2) is 4.98 Å². The topological polar surface area (TPSA) is 79.9 Å². The normalized spacial score (nSPS) is 12.1. The Labute approximate surface area is 165 Å². The van der Waals surface area contributed by atoms with Crippen molar-refractivity contribution < 1.29 is 9.53 Å². The van der Waals surface area contributed by atoms with E-state index < -0.39 is 6.10 Å². The molecule has 146 valence electrons. The minimum Gasteiger partial charge on any atom is -0.481 e. The van der Waals surface area contributed by atoms with Gasteiger partial charge in [-0.2, -0.15) is 5.10 Å². The van der Waals surface area contributed by atoms with Gasteiger partial charge in [0.05, 0.1) is 0 Å². The molecule has 0 saturated carbocycles. The number of anilines is 1. The number of amides is 1. The summed E-state index contributed by atoms with van der Waals surface area (Å²) in [6.07, 6.45) is -0.611. The van der Waals surface area contributed by atoms with Gasteiger partial charge < -0.3 is 10.1 Å². The summed E-state index contributed by atoms with van der Waals surface area (Å²) in [5.74, 6) is 2.34. The first kappa shape index (κ1) is 19.6. The van der Waals surface area contributed by atoms with Gasteiger partial charge in [0.15, 0.2) is 11.9 Å². The largest absolute Gasteiger partial charge is 0.481 e. The number of carbonyl (C=O) groups excluding carboxylic acids is 1. The molecule has 0 aliphatic heterocycles. The second kappa shape index (κ2) is 8.25. The zero-order chi connectivity index (χ0) is 20.3. The van der Waals surface area contributed by atoms with Gasteiger partial charge in [-0.3, -0.25) is 9.89 Å². The first-order valence-electron chi connectivity index (χ1n) is 9.41. The molecule has 0 fully saturated rings. The molecule has 1 heterocycles. The van der Waals surface area contributed by atoms with E-state index in [0.29, 0.717) is 23.2 Å². The fourth-order valence-corrected chi connectivity index (χ4v) is 3.05. The van der Waals surface area contributed by atoms with Crippen LogP contribution in [0.4, 0.5) is 5.69 Å². The molecule has 1 unspecified atom stereocenters. The Bertz CT molecular complexity index is 961. The number of hydrogen-bond donors (Lipinski definition) is 2. The van der Waals surface area contributed by atoms with Crippen LogP contribution in [-0.4, -0.2) is 27.2 Å². The third kappa shape index (κ3) is 4.57. The van der Waals surface area contributed by atoms with Gasteiger partial charge in [-0.1, -0.05) is 19.9 Å². The molecule has 6 nitrogen and oxygen atoms in total. The number of rotatable bonds is 6. The van der Waals surface area contributed by atoms with Crippen molar-refractivity contribution in [1.29, 1.82) is 0 Å². The number of aryl methyl sites for hydroxylation is 2. The summed E-state index contributed by atoms with van der Waals surface area (Å²) in [5, 5.41) is 9.83. The first-order chi connectivity index (χ1) is 13.3. The minimum atomic E-state index is -0.611. The number of aromatic amines is 1. The fourth-order valence-electron chi connectivity index (χ4n) is 3.05. The molecule has 1 amide bonds. The average molecular weight is 378 g/mol. The molecule has 3 rings (SSSR count). The van der Waals surface area contributed by atoms with Crippen molar-refractivity contribution in [3.05, 3.63) is 59.4 Å². The summed E-state index contributed by atoms with van der Waals surface area (Å²) in [6.45, 7) is 9.97. The predicted octanol–water partition coefficient (Wildman–Crippen LogP) is 4.62. The summed E-state index contributed by atoms with van der Waals surface area (Å²) in [7, 11) is 0. The van der Waals surface area contributed by atoms with E-state index in [1.54, 1.807) is 6.92 Å². The highest BCUT2D eigenvalue weighted by Gasteiger charge is 2.16. The number of nitrogens with one attached hydrogen (secondary N) is 2. The summed E-state index contributed by atoms with van der Waals surface area (Å²) < 4.78 is 5.82. The SMILES string of the molecule is Cc1nc(-c2ccc(NC(=O)C(C)Oc3ccc(C(C)C)c(C)c3)cc2)n[nH]1.